The van der Waals surface area contributed by atoms with Gasteiger partial charge >= 0.3 is 5.97 Å². The maximum Gasteiger partial charge on any atom is 0.335 e. The number of nitrogens with zero attached hydrogens (tertiary/aromatic N) is 1. The number of carbonyl (C=O) groups is 2. The first-order valence-electron chi connectivity index (χ1n) is 11.1. The van der Waals surface area contributed by atoms with Gasteiger partial charge in [0.15, 0.2) is 0 Å². The van der Waals surface area contributed by atoms with E-state index >= 15 is 0 Å². The van der Waals surface area contributed by atoms with Crippen LogP contribution in [0.5, 0.6) is 5.75 Å². The molecular weight excluding hydrogens is 390 g/mol. The molecule has 1 amide bonds. The summed E-state index contributed by atoms with van der Waals surface area (Å²) in [6, 6.07) is 11.4. The summed E-state index contributed by atoms with van der Waals surface area (Å²) in [5, 5.41) is 9.36. The van der Waals surface area contributed by atoms with Crippen molar-refractivity contribution in [3.8, 4) is 5.75 Å². The lowest BCUT2D eigenvalue weighted by molar-refractivity contribution is -0.118. The van der Waals surface area contributed by atoms with Crippen LogP contribution in [0.2, 0.25) is 0 Å². The number of hydrogen-bond acceptors (Lipinski definition) is 3. The number of ether oxygens (including phenoxy) is 1. The fourth-order valence-electron chi connectivity index (χ4n) is 3.72. The predicted molar refractivity (Wildman–Crippen MR) is 123 cm³/mol. The second-order valence-electron chi connectivity index (χ2n) is 9.24. The molecule has 2 aromatic rings. The van der Waals surface area contributed by atoms with Crippen LogP contribution in [-0.2, 0) is 16.8 Å². The summed E-state index contributed by atoms with van der Waals surface area (Å²) >= 11 is 0. The number of aromatic carboxylic acids is 1. The van der Waals surface area contributed by atoms with Crippen molar-refractivity contribution in [1.82, 2.24) is 0 Å². The van der Waals surface area contributed by atoms with Crippen LogP contribution in [0.4, 0.5) is 5.69 Å². The zero-order chi connectivity index (χ0) is 22.8. The van der Waals surface area contributed by atoms with Gasteiger partial charge in [-0.25, -0.2) is 4.79 Å². The zero-order valence-electron chi connectivity index (χ0n) is 19.2. The highest BCUT2D eigenvalue weighted by molar-refractivity contribution is 5.96. The van der Waals surface area contributed by atoms with E-state index in [1.807, 2.05) is 13.8 Å². The Morgan fingerprint density at radius 2 is 1.81 bits per heavy atom. The molecule has 0 spiro atoms. The third-order valence-electron chi connectivity index (χ3n) is 5.67. The van der Waals surface area contributed by atoms with Crippen molar-refractivity contribution in [2.24, 2.45) is 0 Å². The Kier molecular flexibility index (Phi) is 6.73. The first-order chi connectivity index (χ1) is 14.6. The van der Waals surface area contributed by atoms with Gasteiger partial charge in [-0.2, -0.15) is 0 Å². The molecule has 0 radical (unpaired) electrons. The molecule has 0 atom stereocenters. The van der Waals surface area contributed by atoms with E-state index in [1.165, 1.54) is 36.1 Å². The van der Waals surface area contributed by atoms with Crippen LogP contribution in [0.3, 0.4) is 0 Å². The molecule has 3 rings (SSSR count). The van der Waals surface area contributed by atoms with Crippen molar-refractivity contribution in [3.05, 3.63) is 58.7 Å². The normalized spacial score (nSPS) is 13.7. The van der Waals surface area contributed by atoms with Gasteiger partial charge in [-0.05, 0) is 66.0 Å². The molecule has 166 valence electrons. The number of hydrogen-bond donors (Lipinski definition) is 1. The molecule has 1 saturated carbocycles. The SMILES string of the molecule is CCOc1cc(C(=O)O)ccc1N(Cc1cc(C2CC2)cc(C(C)(C)C)c1)C(=O)CC. The maximum atomic E-state index is 13.0. The summed E-state index contributed by atoms with van der Waals surface area (Å²) in [4.78, 5) is 26.1. The van der Waals surface area contributed by atoms with E-state index in [-0.39, 0.29) is 16.9 Å². The van der Waals surface area contributed by atoms with E-state index in [9.17, 15) is 14.7 Å². The zero-order valence-corrected chi connectivity index (χ0v) is 19.2. The first-order valence-corrected chi connectivity index (χ1v) is 11.1. The second kappa shape index (κ2) is 9.13. The Morgan fingerprint density at radius 3 is 2.35 bits per heavy atom. The van der Waals surface area contributed by atoms with Gasteiger partial charge in [0, 0.05) is 6.42 Å². The van der Waals surface area contributed by atoms with Gasteiger partial charge in [0.25, 0.3) is 0 Å². The highest BCUT2D eigenvalue weighted by atomic mass is 16.5. The number of carboxylic acid groups (broad SMARTS) is 1. The molecule has 0 unspecified atom stereocenters. The van der Waals surface area contributed by atoms with Gasteiger partial charge in [-0.15, -0.1) is 0 Å². The maximum absolute atomic E-state index is 13.0. The topological polar surface area (TPSA) is 66.8 Å². The lowest BCUT2D eigenvalue weighted by Gasteiger charge is -2.27. The molecule has 1 N–H and O–H groups in total. The average Bonchev–Trinajstić information content (AvgIpc) is 3.56. The van der Waals surface area contributed by atoms with Gasteiger partial charge < -0.3 is 14.7 Å². The molecule has 5 heteroatoms. The number of carbonyl (C=O) groups excluding carboxylic acids is 1. The number of benzene rings is 2. The van der Waals surface area contributed by atoms with E-state index in [2.05, 4.69) is 39.0 Å². The minimum atomic E-state index is -1.02. The Balaban J connectivity index is 2.04. The monoisotopic (exact) mass is 423 g/mol. The molecule has 0 aliphatic heterocycles. The van der Waals surface area contributed by atoms with Gasteiger partial charge in [0.2, 0.25) is 5.91 Å². The van der Waals surface area contributed by atoms with Crippen LogP contribution < -0.4 is 9.64 Å². The number of anilines is 1. The molecule has 31 heavy (non-hydrogen) atoms. The lowest BCUT2D eigenvalue weighted by Crippen LogP contribution is -2.30. The molecule has 1 aliphatic rings. The minimum absolute atomic E-state index is 0.0128. The van der Waals surface area contributed by atoms with E-state index in [1.54, 1.807) is 11.0 Å². The number of rotatable bonds is 8. The molecule has 0 aromatic heterocycles. The first kappa shape index (κ1) is 22.9. The van der Waals surface area contributed by atoms with Gasteiger partial charge in [-0.1, -0.05) is 45.9 Å². The van der Waals surface area contributed by atoms with Crippen LogP contribution >= 0.6 is 0 Å². The molecule has 2 aromatic carbocycles. The van der Waals surface area contributed by atoms with Crippen LogP contribution in [0, 0.1) is 0 Å². The van der Waals surface area contributed by atoms with E-state index in [0.29, 0.717) is 36.9 Å². The predicted octanol–water partition coefficient (Wildman–Crippen LogP) is 5.90. The summed E-state index contributed by atoms with van der Waals surface area (Å²) in [7, 11) is 0. The summed E-state index contributed by atoms with van der Waals surface area (Å²) in [5.74, 6) is -0.0187. The second-order valence-corrected chi connectivity index (χ2v) is 9.24. The van der Waals surface area contributed by atoms with E-state index in [4.69, 9.17) is 4.74 Å². The third kappa shape index (κ3) is 5.46. The smallest absolute Gasteiger partial charge is 0.335 e. The summed E-state index contributed by atoms with van der Waals surface area (Å²) in [6.45, 7) is 11.1. The fraction of sp³-hybridized carbons (Fsp3) is 0.462. The van der Waals surface area contributed by atoms with Crippen molar-refractivity contribution in [1.29, 1.82) is 0 Å². The molecule has 1 aliphatic carbocycles. The third-order valence-corrected chi connectivity index (χ3v) is 5.67. The molecule has 1 fully saturated rings. The highest BCUT2D eigenvalue weighted by Crippen LogP contribution is 2.42. The highest BCUT2D eigenvalue weighted by Gasteiger charge is 2.27. The quantitative estimate of drug-likeness (QED) is 0.574. The molecule has 0 saturated heterocycles. The molecule has 0 bridgehead atoms. The van der Waals surface area contributed by atoms with E-state index < -0.39 is 5.97 Å². The van der Waals surface area contributed by atoms with Crippen LogP contribution in [-0.4, -0.2) is 23.6 Å². The van der Waals surface area contributed by atoms with Crippen LogP contribution in [0.15, 0.2) is 36.4 Å². The Labute approximate surface area is 185 Å². The van der Waals surface area contributed by atoms with Crippen LogP contribution in [0.25, 0.3) is 0 Å². The van der Waals surface area contributed by atoms with Gasteiger partial charge in [0.1, 0.15) is 5.75 Å². The Hall–Kier alpha value is -2.82. The molecule has 5 nitrogen and oxygen atoms in total. The van der Waals surface area contributed by atoms with Crippen molar-refractivity contribution >= 4 is 17.6 Å². The Morgan fingerprint density at radius 1 is 1.10 bits per heavy atom. The van der Waals surface area contributed by atoms with Crippen molar-refractivity contribution in [3.63, 3.8) is 0 Å². The largest absolute Gasteiger partial charge is 0.492 e. The standard InChI is InChI=1S/C26H33NO4/c1-6-24(28)27(22-11-10-19(25(29)30)15-23(22)31-7-2)16-17-12-20(18-8-9-18)14-21(13-17)26(3,4)5/h10-15,18H,6-9,16H2,1-5H3,(H,29,30). The average molecular weight is 424 g/mol. The summed E-state index contributed by atoms with van der Waals surface area (Å²) in [5.41, 5.74) is 4.45. The van der Waals surface area contributed by atoms with Crippen molar-refractivity contribution in [2.45, 2.75) is 71.8 Å². The Bertz CT molecular complexity index is 970. The molecular formula is C26H33NO4. The van der Waals surface area contributed by atoms with E-state index in [0.717, 1.165) is 5.56 Å². The summed E-state index contributed by atoms with van der Waals surface area (Å²) < 4.78 is 5.73. The van der Waals surface area contributed by atoms with Crippen molar-refractivity contribution in [2.75, 3.05) is 11.5 Å². The van der Waals surface area contributed by atoms with Gasteiger partial charge in [-0.3, -0.25) is 4.79 Å². The van der Waals surface area contributed by atoms with Gasteiger partial charge in [0.05, 0.1) is 24.4 Å². The molecule has 0 heterocycles. The number of carboxylic acids is 1. The fourth-order valence-corrected chi connectivity index (χ4v) is 3.72. The minimum Gasteiger partial charge on any atom is -0.492 e. The summed E-state index contributed by atoms with van der Waals surface area (Å²) in [6.07, 6.45) is 2.78. The lowest BCUT2D eigenvalue weighted by atomic mass is 9.84. The number of amides is 1. The van der Waals surface area contributed by atoms with Crippen LogP contribution in [0.1, 0.15) is 86.8 Å². The van der Waals surface area contributed by atoms with Crippen molar-refractivity contribution < 1.29 is 19.4 Å².